The molecule has 3 rings (SSSR count). The molecule has 0 aliphatic carbocycles. The number of carbonyl (C=O) groups excluding carboxylic acids is 2. The lowest BCUT2D eigenvalue weighted by atomic mass is 9.96. The molecule has 2 aliphatic rings. The monoisotopic (exact) mass is 358 g/mol. The molecule has 3 amide bonds. The maximum Gasteiger partial charge on any atom is 0.319 e. The summed E-state index contributed by atoms with van der Waals surface area (Å²) < 4.78 is 0. The summed E-state index contributed by atoms with van der Waals surface area (Å²) in [5.74, 6) is 0.156. The van der Waals surface area contributed by atoms with E-state index in [1.165, 1.54) is 11.3 Å². The van der Waals surface area contributed by atoms with Crippen LogP contribution in [-0.2, 0) is 4.79 Å². The van der Waals surface area contributed by atoms with Gasteiger partial charge in [0.05, 0.1) is 5.92 Å². The minimum absolute atomic E-state index is 0.00627. The number of urea groups is 1. The minimum atomic E-state index is -0.0573. The second-order valence-electron chi connectivity index (χ2n) is 7.61. The first-order valence-corrected chi connectivity index (χ1v) is 9.52. The van der Waals surface area contributed by atoms with Crippen molar-refractivity contribution in [2.45, 2.75) is 19.8 Å². The molecule has 2 aliphatic heterocycles. The van der Waals surface area contributed by atoms with E-state index in [-0.39, 0.29) is 17.9 Å². The largest absolute Gasteiger partial charge is 0.368 e. The fraction of sp³-hybridized carbons (Fsp3) is 0.600. The molecule has 0 spiro atoms. The number of anilines is 1. The van der Waals surface area contributed by atoms with Crippen LogP contribution in [0.4, 0.5) is 10.5 Å². The zero-order chi connectivity index (χ0) is 18.7. The number of aryl methyl sites for hydroxylation is 1. The Labute approximate surface area is 156 Å². The topological polar surface area (TPSA) is 47.1 Å². The van der Waals surface area contributed by atoms with E-state index in [9.17, 15) is 9.59 Å². The van der Waals surface area contributed by atoms with Crippen LogP contribution in [0.2, 0.25) is 0 Å². The van der Waals surface area contributed by atoms with Crippen molar-refractivity contribution in [1.29, 1.82) is 0 Å². The van der Waals surface area contributed by atoms with Gasteiger partial charge in [0, 0.05) is 59.1 Å². The predicted octanol–water partition coefficient (Wildman–Crippen LogP) is 2.04. The Hall–Kier alpha value is -2.24. The molecule has 0 N–H and O–H groups in total. The van der Waals surface area contributed by atoms with E-state index in [0.717, 1.165) is 45.6 Å². The van der Waals surface area contributed by atoms with Crippen LogP contribution in [0.15, 0.2) is 24.3 Å². The van der Waals surface area contributed by atoms with Gasteiger partial charge in [-0.15, -0.1) is 0 Å². The molecule has 0 radical (unpaired) electrons. The Morgan fingerprint density at radius 3 is 2.42 bits per heavy atom. The van der Waals surface area contributed by atoms with Crippen LogP contribution in [0.5, 0.6) is 0 Å². The molecule has 2 saturated heterocycles. The third kappa shape index (κ3) is 4.11. The lowest BCUT2D eigenvalue weighted by Crippen LogP contribution is -2.53. The highest BCUT2D eigenvalue weighted by molar-refractivity contribution is 5.81. The Kier molecular flexibility index (Phi) is 5.69. The lowest BCUT2D eigenvalue weighted by Gasteiger charge is -2.40. The summed E-state index contributed by atoms with van der Waals surface area (Å²) in [5, 5.41) is 0. The van der Waals surface area contributed by atoms with E-state index < -0.39 is 0 Å². The average Bonchev–Trinajstić information content (AvgIpc) is 2.67. The molecule has 0 unspecified atom stereocenters. The SMILES string of the molecule is Cc1cccc(N2CCN(C(=O)[C@H]3CCCN(C(=O)N(C)C)C3)CC2)c1. The van der Waals surface area contributed by atoms with Crippen LogP contribution in [0.25, 0.3) is 0 Å². The first-order chi connectivity index (χ1) is 12.5. The molecule has 1 aromatic rings. The number of carbonyl (C=O) groups is 2. The highest BCUT2D eigenvalue weighted by Crippen LogP contribution is 2.22. The molecular weight excluding hydrogens is 328 g/mol. The van der Waals surface area contributed by atoms with Gasteiger partial charge in [-0.25, -0.2) is 4.79 Å². The van der Waals surface area contributed by atoms with Crippen molar-refractivity contribution in [3.05, 3.63) is 29.8 Å². The summed E-state index contributed by atoms with van der Waals surface area (Å²) in [5.41, 5.74) is 2.49. The molecule has 142 valence electrons. The first kappa shape index (κ1) is 18.5. The molecule has 6 nitrogen and oxygen atoms in total. The second kappa shape index (κ2) is 7.98. The average molecular weight is 358 g/mol. The summed E-state index contributed by atoms with van der Waals surface area (Å²) in [7, 11) is 3.52. The van der Waals surface area contributed by atoms with E-state index in [0.29, 0.717) is 6.54 Å². The fourth-order valence-electron chi connectivity index (χ4n) is 3.90. The van der Waals surface area contributed by atoms with Gasteiger partial charge in [-0.2, -0.15) is 0 Å². The first-order valence-electron chi connectivity index (χ1n) is 9.52. The van der Waals surface area contributed by atoms with Crippen molar-refractivity contribution in [3.63, 3.8) is 0 Å². The van der Waals surface area contributed by atoms with Gasteiger partial charge in [0.15, 0.2) is 0 Å². The fourth-order valence-corrected chi connectivity index (χ4v) is 3.90. The lowest BCUT2D eigenvalue weighted by molar-refractivity contribution is -0.137. The number of hydrogen-bond donors (Lipinski definition) is 0. The van der Waals surface area contributed by atoms with Crippen LogP contribution in [0.1, 0.15) is 18.4 Å². The van der Waals surface area contributed by atoms with Gasteiger partial charge in [-0.05, 0) is 37.5 Å². The zero-order valence-electron chi connectivity index (χ0n) is 16.1. The molecule has 0 bridgehead atoms. The molecule has 1 atom stereocenters. The quantitative estimate of drug-likeness (QED) is 0.813. The Balaban J connectivity index is 1.55. The number of amides is 3. The molecular formula is C20H30N4O2. The molecule has 2 heterocycles. The van der Waals surface area contributed by atoms with Crippen LogP contribution in [0, 0.1) is 12.8 Å². The second-order valence-corrected chi connectivity index (χ2v) is 7.61. The van der Waals surface area contributed by atoms with E-state index in [1.54, 1.807) is 19.0 Å². The summed E-state index contributed by atoms with van der Waals surface area (Å²) in [6, 6.07) is 8.53. The molecule has 2 fully saturated rings. The minimum Gasteiger partial charge on any atom is -0.368 e. The number of rotatable bonds is 2. The number of nitrogens with zero attached hydrogens (tertiary/aromatic N) is 4. The van der Waals surface area contributed by atoms with Crippen LogP contribution < -0.4 is 4.90 Å². The number of piperidine rings is 1. The summed E-state index contributed by atoms with van der Waals surface area (Å²) in [6.45, 7) is 6.64. The van der Waals surface area contributed by atoms with Gasteiger partial charge in [0.25, 0.3) is 0 Å². The van der Waals surface area contributed by atoms with Crippen molar-refractivity contribution in [1.82, 2.24) is 14.7 Å². The molecule has 0 aromatic heterocycles. The Morgan fingerprint density at radius 2 is 1.77 bits per heavy atom. The van der Waals surface area contributed by atoms with Crippen LogP contribution >= 0.6 is 0 Å². The predicted molar refractivity (Wildman–Crippen MR) is 103 cm³/mol. The van der Waals surface area contributed by atoms with Gasteiger partial charge >= 0.3 is 6.03 Å². The van der Waals surface area contributed by atoms with Crippen LogP contribution in [-0.4, -0.2) is 80.0 Å². The van der Waals surface area contributed by atoms with E-state index in [2.05, 4.69) is 36.1 Å². The zero-order valence-corrected chi connectivity index (χ0v) is 16.1. The van der Waals surface area contributed by atoms with Crippen molar-refractivity contribution in [2.24, 2.45) is 5.92 Å². The maximum atomic E-state index is 12.9. The van der Waals surface area contributed by atoms with Crippen molar-refractivity contribution < 1.29 is 9.59 Å². The van der Waals surface area contributed by atoms with Crippen LogP contribution in [0.3, 0.4) is 0 Å². The maximum absolute atomic E-state index is 12.9. The van der Waals surface area contributed by atoms with E-state index in [1.807, 2.05) is 9.80 Å². The van der Waals surface area contributed by atoms with Gasteiger partial charge in [0.1, 0.15) is 0 Å². The van der Waals surface area contributed by atoms with Gasteiger partial charge in [-0.3, -0.25) is 4.79 Å². The van der Waals surface area contributed by atoms with E-state index >= 15 is 0 Å². The summed E-state index contributed by atoms with van der Waals surface area (Å²) >= 11 is 0. The van der Waals surface area contributed by atoms with Gasteiger partial charge in [0.2, 0.25) is 5.91 Å². The van der Waals surface area contributed by atoms with Gasteiger partial charge in [-0.1, -0.05) is 12.1 Å². The van der Waals surface area contributed by atoms with E-state index in [4.69, 9.17) is 0 Å². The Bertz CT molecular complexity index is 653. The molecule has 26 heavy (non-hydrogen) atoms. The van der Waals surface area contributed by atoms with Crippen molar-refractivity contribution in [3.8, 4) is 0 Å². The third-order valence-corrected chi connectivity index (χ3v) is 5.38. The summed E-state index contributed by atoms with van der Waals surface area (Å²) in [4.78, 5) is 32.9. The number of benzene rings is 1. The standard InChI is InChI=1S/C20H30N4O2/c1-16-6-4-8-18(14-16)22-10-12-23(13-11-22)19(25)17-7-5-9-24(15-17)20(26)21(2)3/h4,6,8,14,17H,5,7,9-13,15H2,1-3H3/t17-/m0/s1. The number of likely N-dealkylation sites (tertiary alicyclic amines) is 1. The van der Waals surface area contributed by atoms with Crippen molar-refractivity contribution in [2.75, 3.05) is 58.3 Å². The van der Waals surface area contributed by atoms with Crippen molar-refractivity contribution >= 4 is 17.6 Å². The molecule has 0 saturated carbocycles. The smallest absolute Gasteiger partial charge is 0.319 e. The highest BCUT2D eigenvalue weighted by atomic mass is 16.2. The summed E-state index contributed by atoms with van der Waals surface area (Å²) in [6.07, 6.45) is 1.79. The number of hydrogen-bond acceptors (Lipinski definition) is 3. The normalized spacial score (nSPS) is 20.9. The third-order valence-electron chi connectivity index (χ3n) is 5.38. The highest BCUT2D eigenvalue weighted by Gasteiger charge is 2.33. The molecule has 1 aromatic carbocycles. The Morgan fingerprint density at radius 1 is 1.04 bits per heavy atom. The van der Waals surface area contributed by atoms with Gasteiger partial charge < -0.3 is 19.6 Å². The molecule has 6 heteroatoms. The number of piperazine rings is 1.